The third-order valence-electron chi connectivity index (χ3n) is 16.0. The van der Waals surface area contributed by atoms with E-state index in [-0.39, 0.29) is 25.7 Å². The fraction of sp³-hybridized carbons (Fsp3) is 0.747. The molecular formula is C79H138O17P2. The van der Waals surface area contributed by atoms with Gasteiger partial charge in [-0.05, 0) is 135 Å². The summed E-state index contributed by atoms with van der Waals surface area (Å²) < 4.78 is 68.4. The van der Waals surface area contributed by atoms with E-state index < -0.39 is 97.5 Å². The molecule has 3 N–H and O–H groups in total. The normalized spacial score (nSPS) is 14.5. The Labute approximate surface area is 595 Å². The monoisotopic (exact) mass is 1420 g/mol. The third kappa shape index (κ3) is 70.4. The molecule has 5 atom stereocenters. The first-order chi connectivity index (χ1) is 47.7. The largest absolute Gasteiger partial charge is 0.472 e. The summed E-state index contributed by atoms with van der Waals surface area (Å²) in [6.07, 6.45) is 74.0. The van der Waals surface area contributed by atoms with Crippen LogP contribution >= 0.6 is 15.6 Å². The van der Waals surface area contributed by atoms with Crippen LogP contribution < -0.4 is 0 Å². The Morgan fingerprint density at radius 3 is 0.857 bits per heavy atom. The van der Waals surface area contributed by atoms with Crippen LogP contribution in [0, 0.1) is 0 Å². The van der Waals surface area contributed by atoms with Gasteiger partial charge in [-0.1, -0.05) is 260 Å². The van der Waals surface area contributed by atoms with Gasteiger partial charge in [0.15, 0.2) is 12.2 Å². The molecule has 0 saturated heterocycles. The van der Waals surface area contributed by atoms with Crippen LogP contribution in [0.1, 0.15) is 323 Å². The van der Waals surface area contributed by atoms with E-state index >= 15 is 0 Å². The van der Waals surface area contributed by atoms with Crippen LogP contribution in [0.25, 0.3) is 0 Å². The molecule has 0 radical (unpaired) electrons. The van der Waals surface area contributed by atoms with Crippen molar-refractivity contribution in [2.75, 3.05) is 39.6 Å². The third-order valence-corrected chi connectivity index (χ3v) is 17.9. The zero-order chi connectivity index (χ0) is 71.8. The molecule has 0 aromatic heterocycles. The second-order valence-corrected chi connectivity index (χ2v) is 28.4. The molecule has 566 valence electrons. The van der Waals surface area contributed by atoms with E-state index in [1.807, 2.05) is 0 Å². The zero-order valence-electron chi connectivity index (χ0n) is 61.7. The highest BCUT2D eigenvalue weighted by Gasteiger charge is 2.30. The van der Waals surface area contributed by atoms with Crippen molar-refractivity contribution in [3.05, 3.63) is 97.2 Å². The first-order valence-electron chi connectivity index (χ1n) is 38.5. The second-order valence-electron chi connectivity index (χ2n) is 25.5. The molecule has 17 nitrogen and oxygen atoms in total. The fourth-order valence-electron chi connectivity index (χ4n) is 10.2. The number of unbranched alkanes of at least 4 members (excludes halogenated alkanes) is 30. The molecule has 0 fully saturated rings. The van der Waals surface area contributed by atoms with Gasteiger partial charge in [-0.2, -0.15) is 0 Å². The minimum atomic E-state index is -4.98. The highest BCUT2D eigenvalue weighted by Crippen LogP contribution is 2.45. The SMILES string of the molecule is CC/C=C\C/C=C\C/C=C\CCCCCCCCCC(=O)OCC(COP(=O)(O)OCC(O)COP(=O)(O)OCC(COC(=O)CCCCCCCCC/C=C\C/C=C\C/C=C\CC)OC(=O)CCCCCCC/C=C\CCCCCC)OC(=O)CCCCCCC/C=C\CCCC. The summed E-state index contributed by atoms with van der Waals surface area (Å²) in [5, 5.41) is 10.6. The number of hydrogen-bond acceptors (Lipinski definition) is 15. The Morgan fingerprint density at radius 2 is 0.541 bits per heavy atom. The highest BCUT2D eigenvalue weighted by atomic mass is 31.2. The van der Waals surface area contributed by atoms with E-state index in [1.165, 1.54) is 38.5 Å². The number of aliphatic hydroxyl groups is 1. The van der Waals surface area contributed by atoms with Gasteiger partial charge in [0.25, 0.3) is 0 Å². The van der Waals surface area contributed by atoms with Crippen molar-refractivity contribution >= 4 is 39.5 Å². The Bertz CT molecular complexity index is 2240. The van der Waals surface area contributed by atoms with E-state index in [2.05, 4.69) is 125 Å². The molecule has 19 heteroatoms. The van der Waals surface area contributed by atoms with Crippen molar-refractivity contribution in [1.29, 1.82) is 0 Å². The van der Waals surface area contributed by atoms with Crippen LogP contribution in [0.4, 0.5) is 0 Å². The quantitative estimate of drug-likeness (QED) is 0.0169. The van der Waals surface area contributed by atoms with E-state index in [1.54, 1.807) is 0 Å². The molecule has 0 amide bonds. The number of carbonyl (C=O) groups is 4. The predicted molar refractivity (Wildman–Crippen MR) is 399 cm³/mol. The summed E-state index contributed by atoms with van der Waals surface area (Å²) in [5.74, 6) is -2.20. The van der Waals surface area contributed by atoms with E-state index in [4.69, 9.17) is 37.0 Å². The maximum Gasteiger partial charge on any atom is 0.472 e. The average molecular weight is 1420 g/mol. The standard InChI is InChI=1S/C79H138O17P2/c1-5-9-13-17-21-25-29-32-34-36-38-41-44-47-51-55-59-63-76(81)89-69-74(95-78(83)65-61-57-53-49-43-28-24-20-16-12-8-4)71-93-97(85,86)91-67-73(80)68-92-98(87,88)94-72-75(96-79(84)66-62-58-54-50-46-40-31-27-23-19-15-11-7-3)70-90-77(82)64-60-56-52-48-45-42-39-37-35-33-30-26-22-18-14-10-6-2/h9-10,13-14,20-22,24-27,31-35,73-75,80H,5-8,11-12,15-19,23,28-30,36-72H2,1-4H3,(H,85,86)(H,87,88)/b13-9-,14-10-,24-20-,25-21-,26-22-,31-27-,34-32-,35-33-. The number of rotatable bonds is 72. The summed E-state index contributed by atoms with van der Waals surface area (Å²) in [4.78, 5) is 72.8. The van der Waals surface area contributed by atoms with E-state index in [9.17, 15) is 43.2 Å². The molecule has 0 aliphatic rings. The molecule has 0 aliphatic heterocycles. The number of phosphoric ester groups is 2. The van der Waals surface area contributed by atoms with E-state index in [0.717, 1.165) is 205 Å². The lowest BCUT2D eigenvalue weighted by Gasteiger charge is -2.21. The van der Waals surface area contributed by atoms with Crippen molar-refractivity contribution < 1.29 is 80.2 Å². The Balaban J connectivity index is 5.31. The van der Waals surface area contributed by atoms with E-state index in [0.29, 0.717) is 25.7 Å². The van der Waals surface area contributed by atoms with Gasteiger partial charge < -0.3 is 33.8 Å². The molecule has 0 aromatic rings. The smallest absolute Gasteiger partial charge is 0.462 e. The van der Waals surface area contributed by atoms with Crippen LogP contribution in [0.15, 0.2) is 97.2 Å². The van der Waals surface area contributed by atoms with Crippen molar-refractivity contribution in [1.82, 2.24) is 0 Å². The van der Waals surface area contributed by atoms with Crippen molar-refractivity contribution in [2.24, 2.45) is 0 Å². The molecule has 0 aliphatic carbocycles. The molecule has 0 rings (SSSR count). The van der Waals surface area contributed by atoms with Crippen LogP contribution in [0.2, 0.25) is 0 Å². The lowest BCUT2D eigenvalue weighted by Crippen LogP contribution is -2.30. The lowest BCUT2D eigenvalue weighted by molar-refractivity contribution is -0.161. The molecule has 0 saturated carbocycles. The van der Waals surface area contributed by atoms with Crippen LogP contribution in [0.5, 0.6) is 0 Å². The zero-order valence-corrected chi connectivity index (χ0v) is 63.5. The predicted octanol–water partition coefficient (Wildman–Crippen LogP) is 22.0. The van der Waals surface area contributed by atoms with Gasteiger partial charge in [-0.15, -0.1) is 0 Å². The molecule has 0 aromatic carbocycles. The second kappa shape index (κ2) is 71.4. The average Bonchev–Trinajstić information content (AvgIpc) is 0.985. The van der Waals surface area contributed by atoms with Gasteiger partial charge in [0.05, 0.1) is 26.4 Å². The number of hydrogen-bond donors (Lipinski definition) is 3. The first kappa shape index (κ1) is 94.0. The van der Waals surface area contributed by atoms with Gasteiger partial charge in [0, 0.05) is 25.7 Å². The maximum atomic E-state index is 13.1. The highest BCUT2D eigenvalue weighted by molar-refractivity contribution is 7.47. The number of ether oxygens (including phenoxy) is 4. The molecular weight excluding hydrogens is 1280 g/mol. The summed E-state index contributed by atoms with van der Waals surface area (Å²) in [5.41, 5.74) is 0. The van der Waals surface area contributed by atoms with Crippen LogP contribution in [-0.2, 0) is 65.4 Å². The van der Waals surface area contributed by atoms with Gasteiger partial charge in [0.2, 0.25) is 0 Å². The summed E-state index contributed by atoms with van der Waals surface area (Å²) in [6.45, 7) is 4.58. The van der Waals surface area contributed by atoms with Crippen LogP contribution in [-0.4, -0.2) is 96.7 Å². The number of phosphoric acid groups is 2. The van der Waals surface area contributed by atoms with Crippen molar-refractivity contribution in [3.8, 4) is 0 Å². The molecule has 0 spiro atoms. The number of aliphatic hydroxyl groups excluding tert-OH is 1. The van der Waals surface area contributed by atoms with Crippen molar-refractivity contribution in [2.45, 2.75) is 341 Å². The molecule has 0 heterocycles. The molecule has 98 heavy (non-hydrogen) atoms. The Morgan fingerprint density at radius 1 is 0.296 bits per heavy atom. The minimum absolute atomic E-state index is 0.0824. The first-order valence-corrected chi connectivity index (χ1v) is 41.5. The topological polar surface area (TPSA) is 237 Å². The molecule has 0 bridgehead atoms. The van der Waals surface area contributed by atoms with Gasteiger partial charge in [0.1, 0.15) is 19.3 Å². The number of carbonyl (C=O) groups excluding carboxylic acids is 4. The van der Waals surface area contributed by atoms with Gasteiger partial charge in [-0.3, -0.25) is 37.3 Å². The number of esters is 4. The summed E-state index contributed by atoms with van der Waals surface area (Å²) >= 11 is 0. The number of allylic oxidation sites excluding steroid dienone is 16. The Hall–Kier alpha value is -4.02. The van der Waals surface area contributed by atoms with Crippen molar-refractivity contribution in [3.63, 3.8) is 0 Å². The Kier molecular flexibility index (Phi) is 68.4. The fourth-order valence-corrected chi connectivity index (χ4v) is 11.7. The van der Waals surface area contributed by atoms with Gasteiger partial charge >= 0.3 is 39.5 Å². The maximum absolute atomic E-state index is 13.1. The lowest BCUT2D eigenvalue weighted by atomic mass is 10.1. The summed E-state index contributed by atoms with van der Waals surface area (Å²) in [7, 11) is -9.95. The summed E-state index contributed by atoms with van der Waals surface area (Å²) in [6, 6.07) is 0. The van der Waals surface area contributed by atoms with Gasteiger partial charge in [-0.25, -0.2) is 9.13 Å². The van der Waals surface area contributed by atoms with Crippen LogP contribution in [0.3, 0.4) is 0 Å². The molecule has 5 unspecified atom stereocenters. The minimum Gasteiger partial charge on any atom is -0.462 e.